The van der Waals surface area contributed by atoms with E-state index in [0.717, 1.165) is 50.2 Å². The van der Waals surface area contributed by atoms with Crippen molar-refractivity contribution in [1.29, 1.82) is 0 Å². The summed E-state index contributed by atoms with van der Waals surface area (Å²) >= 11 is 1.75. The highest BCUT2D eigenvalue weighted by atomic mass is 32.1. The van der Waals surface area contributed by atoms with Gasteiger partial charge in [0, 0.05) is 23.0 Å². The smallest absolute Gasteiger partial charge is 0.255 e. The lowest BCUT2D eigenvalue weighted by molar-refractivity contribution is 0.0606. The Labute approximate surface area is 153 Å². The van der Waals surface area contributed by atoms with Crippen LogP contribution >= 0.6 is 11.3 Å². The van der Waals surface area contributed by atoms with E-state index in [4.69, 9.17) is 0 Å². The number of nitrogens with zero attached hydrogens (tertiary/aromatic N) is 2. The van der Waals surface area contributed by atoms with E-state index in [2.05, 4.69) is 21.7 Å². The zero-order chi connectivity index (χ0) is 17.1. The van der Waals surface area contributed by atoms with Crippen LogP contribution in [0.15, 0.2) is 35.8 Å². The lowest BCUT2D eigenvalue weighted by atomic mass is 9.95. The van der Waals surface area contributed by atoms with Crippen molar-refractivity contribution in [3.63, 3.8) is 0 Å². The standard InChI is InChI=1S/C20H25N3OS/c24-20(16-13-19(25-14-16)15-7-10-21-11-8-15)23-12-4-2-6-18(23)17-5-1-3-9-22-17/h1,3,5,9,13-15,18,21H,2,4,6-8,10-12H2. The van der Waals surface area contributed by atoms with E-state index in [1.807, 2.05) is 29.3 Å². The number of pyridine rings is 1. The van der Waals surface area contributed by atoms with Gasteiger partial charge in [0.1, 0.15) is 0 Å². The molecule has 0 spiro atoms. The lowest BCUT2D eigenvalue weighted by Crippen LogP contribution is -2.38. The van der Waals surface area contributed by atoms with E-state index in [-0.39, 0.29) is 11.9 Å². The van der Waals surface area contributed by atoms with Gasteiger partial charge < -0.3 is 10.2 Å². The molecule has 0 bridgehead atoms. The first-order chi connectivity index (χ1) is 12.3. The van der Waals surface area contributed by atoms with Crippen molar-refractivity contribution in [2.24, 2.45) is 0 Å². The summed E-state index contributed by atoms with van der Waals surface area (Å²) in [6.45, 7) is 3.00. The molecule has 2 aliphatic heterocycles. The van der Waals surface area contributed by atoms with Crippen LogP contribution in [0.25, 0.3) is 0 Å². The Balaban J connectivity index is 1.53. The van der Waals surface area contributed by atoms with Gasteiger partial charge in [-0.3, -0.25) is 9.78 Å². The Morgan fingerprint density at radius 3 is 2.88 bits per heavy atom. The summed E-state index contributed by atoms with van der Waals surface area (Å²) in [5.41, 5.74) is 1.88. The molecule has 0 radical (unpaired) electrons. The van der Waals surface area contributed by atoms with Gasteiger partial charge >= 0.3 is 0 Å². The fourth-order valence-corrected chi connectivity index (χ4v) is 5.06. The van der Waals surface area contributed by atoms with E-state index >= 15 is 0 Å². The Kier molecular flexibility index (Phi) is 5.13. The van der Waals surface area contributed by atoms with Gasteiger partial charge in [-0.05, 0) is 69.3 Å². The first-order valence-electron chi connectivity index (χ1n) is 9.34. The minimum absolute atomic E-state index is 0.115. The maximum absolute atomic E-state index is 13.2. The third-order valence-corrected chi connectivity index (χ3v) is 6.50. The SMILES string of the molecule is O=C(c1csc(C2CCNCC2)c1)N1CCCCC1c1ccccn1. The number of carbonyl (C=O) groups excluding carboxylic acids is 1. The largest absolute Gasteiger partial charge is 0.330 e. The van der Waals surface area contributed by atoms with Crippen LogP contribution in [0.4, 0.5) is 0 Å². The molecule has 0 saturated carbocycles. The molecular weight excluding hydrogens is 330 g/mol. The van der Waals surface area contributed by atoms with Gasteiger partial charge in [-0.15, -0.1) is 11.3 Å². The number of thiophene rings is 1. The van der Waals surface area contributed by atoms with Crippen LogP contribution in [0.1, 0.15) is 65.0 Å². The zero-order valence-corrected chi connectivity index (χ0v) is 15.3. The third-order valence-electron chi connectivity index (χ3n) is 5.40. The van der Waals surface area contributed by atoms with Gasteiger partial charge in [-0.1, -0.05) is 6.07 Å². The van der Waals surface area contributed by atoms with Crippen molar-refractivity contribution >= 4 is 17.2 Å². The number of aromatic nitrogens is 1. The van der Waals surface area contributed by atoms with Crippen LogP contribution in [-0.2, 0) is 0 Å². The van der Waals surface area contributed by atoms with Gasteiger partial charge in [0.15, 0.2) is 0 Å². The normalized spacial score (nSPS) is 22.1. The molecule has 4 rings (SSSR count). The van der Waals surface area contributed by atoms with Gasteiger partial charge in [-0.2, -0.15) is 0 Å². The van der Waals surface area contributed by atoms with E-state index in [1.165, 1.54) is 17.7 Å². The van der Waals surface area contributed by atoms with Crippen molar-refractivity contribution in [1.82, 2.24) is 15.2 Å². The molecule has 1 amide bonds. The number of carbonyl (C=O) groups is 1. The topological polar surface area (TPSA) is 45.2 Å². The van der Waals surface area contributed by atoms with Crippen LogP contribution in [0.2, 0.25) is 0 Å². The Morgan fingerprint density at radius 1 is 1.20 bits per heavy atom. The maximum Gasteiger partial charge on any atom is 0.255 e. The monoisotopic (exact) mass is 355 g/mol. The lowest BCUT2D eigenvalue weighted by Gasteiger charge is -2.35. The molecule has 2 saturated heterocycles. The van der Waals surface area contributed by atoms with Crippen molar-refractivity contribution in [3.8, 4) is 0 Å². The third kappa shape index (κ3) is 3.62. The molecule has 132 valence electrons. The number of nitrogens with one attached hydrogen (secondary N) is 1. The van der Waals surface area contributed by atoms with Gasteiger partial charge in [-0.25, -0.2) is 0 Å². The van der Waals surface area contributed by atoms with E-state index in [0.29, 0.717) is 5.92 Å². The predicted octanol–water partition coefficient (Wildman–Crippen LogP) is 3.98. The second-order valence-electron chi connectivity index (χ2n) is 7.03. The van der Waals surface area contributed by atoms with Gasteiger partial charge in [0.25, 0.3) is 5.91 Å². The van der Waals surface area contributed by atoms with E-state index in [9.17, 15) is 4.79 Å². The summed E-state index contributed by atoms with van der Waals surface area (Å²) in [6.07, 6.45) is 7.43. The average Bonchev–Trinajstić information content (AvgIpc) is 3.19. The fraction of sp³-hybridized carbons (Fsp3) is 0.500. The number of hydrogen-bond donors (Lipinski definition) is 1. The van der Waals surface area contributed by atoms with E-state index in [1.54, 1.807) is 11.3 Å². The van der Waals surface area contributed by atoms with Gasteiger partial charge in [0.05, 0.1) is 17.3 Å². The number of piperidine rings is 2. The molecule has 25 heavy (non-hydrogen) atoms. The molecule has 0 aliphatic carbocycles. The molecule has 4 heterocycles. The van der Waals surface area contributed by atoms with Crippen molar-refractivity contribution < 1.29 is 4.79 Å². The second-order valence-corrected chi connectivity index (χ2v) is 7.97. The highest BCUT2D eigenvalue weighted by Gasteiger charge is 2.30. The number of hydrogen-bond acceptors (Lipinski definition) is 4. The number of likely N-dealkylation sites (tertiary alicyclic amines) is 1. The van der Waals surface area contributed by atoms with Crippen molar-refractivity contribution in [2.75, 3.05) is 19.6 Å². The minimum atomic E-state index is 0.115. The van der Waals surface area contributed by atoms with E-state index < -0.39 is 0 Å². The first-order valence-corrected chi connectivity index (χ1v) is 10.2. The van der Waals surface area contributed by atoms with Crippen LogP contribution in [-0.4, -0.2) is 35.4 Å². The summed E-state index contributed by atoms with van der Waals surface area (Å²) in [5, 5.41) is 5.47. The molecule has 1 N–H and O–H groups in total. The minimum Gasteiger partial charge on any atom is -0.330 e. The average molecular weight is 356 g/mol. The van der Waals surface area contributed by atoms with Crippen molar-refractivity contribution in [2.45, 2.75) is 44.1 Å². The summed E-state index contributed by atoms with van der Waals surface area (Å²) < 4.78 is 0. The molecule has 1 unspecified atom stereocenters. The predicted molar refractivity (Wildman–Crippen MR) is 101 cm³/mol. The molecule has 2 fully saturated rings. The zero-order valence-electron chi connectivity index (χ0n) is 14.5. The first kappa shape index (κ1) is 16.7. The molecule has 0 aromatic carbocycles. The highest BCUT2D eigenvalue weighted by molar-refractivity contribution is 7.10. The Hall–Kier alpha value is -1.72. The van der Waals surface area contributed by atoms with Crippen molar-refractivity contribution in [3.05, 3.63) is 52.0 Å². The summed E-state index contributed by atoms with van der Waals surface area (Å²) in [7, 11) is 0. The molecule has 2 aromatic rings. The van der Waals surface area contributed by atoms with Crippen LogP contribution in [0, 0.1) is 0 Å². The molecule has 5 heteroatoms. The summed E-state index contributed by atoms with van der Waals surface area (Å²) in [4.78, 5) is 21.1. The quantitative estimate of drug-likeness (QED) is 0.906. The second kappa shape index (κ2) is 7.67. The van der Waals surface area contributed by atoms with Crippen LogP contribution < -0.4 is 5.32 Å². The van der Waals surface area contributed by atoms with Crippen LogP contribution in [0.3, 0.4) is 0 Å². The van der Waals surface area contributed by atoms with Crippen LogP contribution in [0.5, 0.6) is 0 Å². The summed E-state index contributed by atoms with van der Waals surface area (Å²) in [6, 6.07) is 8.25. The highest BCUT2D eigenvalue weighted by Crippen LogP contribution is 2.34. The number of rotatable bonds is 3. The number of amides is 1. The maximum atomic E-state index is 13.2. The molecule has 2 aromatic heterocycles. The summed E-state index contributed by atoms with van der Waals surface area (Å²) in [5.74, 6) is 0.785. The molecule has 1 atom stereocenters. The molecular formula is C20H25N3OS. The Morgan fingerprint density at radius 2 is 2.08 bits per heavy atom. The Bertz CT molecular complexity index is 709. The van der Waals surface area contributed by atoms with Gasteiger partial charge in [0.2, 0.25) is 0 Å². The fourth-order valence-electron chi connectivity index (χ4n) is 4.01. The molecule has 2 aliphatic rings. The molecule has 4 nitrogen and oxygen atoms in total.